The van der Waals surface area contributed by atoms with Gasteiger partial charge in [-0.25, -0.2) is 0 Å². The molecular formula is C25H47NO4S2. The number of hydrogen-bond acceptors (Lipinski definition) is 7. The summed E-state index contributed by atoms with van der Waals surface area (Å²) in [6.45, 7) is 14.0. The molecule has 0 heterocycles. The van der Waals surface area contributed by atoms with Crippen molar-refractivity contribution in [3.63, 3.8) is 0 Å². The standard InChI is InChI=1S/C25H47NO4S2/c1-6-10-12-13-15-22(14-11-7-2)24(28)32-25(31,9-4)26-16-17-29-18-19-30-20-23(27)21(5)8-3/h22,26,31H,5-20H2,1-4H3. The highest BCUT2D eigenvalue weighted by Crippen LogP contribution is 2.35. The average molecular weight is 490 g/mol. The molecule has 0 spiro atoms. The third-order valence-corrected chi connectivity index (χ3v) is 7.52. The normalized spacial score (nSPS) is 14.2. The van der Waals surface area contributed by atoms with E-state index in [0.29, 0.717) is 38.4 Å². The Morgan fingerprint density at radius 1 is 0.969 bits per heavy atom. The van der Waals surface area contributed by atoms with E-state index in [-0.39, 0.29) is 23.4 Å². The van der Waals surface area contributed by atoms with Gasteiger partial charge in [-0.1, -0.05) is 84.6 Å². The molecule has 0 aromatic rings. The lowest BCUT2D eigenvalue weighted by atomic mass is 9.96. The van der Waals surface area contributed by atoms with E-state index in [4.69, 9.17) is 22.1 Å². The quantitative estimate of drug-likeness (QED) is 0.0820. The molecule has 0 aliphatic heterocycles. The highest BCUT2D eigenvalue weighted by molar-refractivity contribution is 8.21. The molecule has 7 heteroatoms. The van der Waals surface area contributed by atoms with Crippen LogP contribution in [0.1, 0.15) is 91.9 Å². The molecule has 0 radical (unpaired) electrons. The number of ketones is 1. The van der Waals surface area contributed by atoms with Crippen molar-refractivity contribution in [3.05, 3.63) is 12.2 Å². The third kappa shape index (κ3) is 15.5. The second-order valence-corrected chi connectivity index (χ2v) is 10.6. The van der Waals surface area contributed by atoms with Gasteiger partial charge in [0.1, 0.15) is 10.8 Å². The number of Topliss-reactive ketones (excluding diaryl/α,β-unsaturated/α-hetero) is 1. The predicted octanol–water partition coefficient (Wildman–Crippen LogP) is 6.17. The van der Waals surface area contributed by atoms with E-state index in [9.17, 15) is 9.59 Å². The van der Waals surface area contributed by atoms with Crippen LogP contribution in [0.25, 0.3) is 0 Å². The highest BCUT2D eigenvalue weighted by atomic mass is 32.2. The maximum absolute atomic E-state index is 13.0. The Labute approximate surface area is 206 Å². The highest BCUT2D eigenvalue weighted by Gasteiger charge is 2.30. The van der Waals surface area contributed by atoms with Crippen molar-refractivity contribution in [2.45, 2.75) is 96.1 Å². The average Bonchev–Trinajstić information content (AvgIpc) is 2.79. The van der Waals surface area contributed by atoms with E-state index < -0.39 is 4.20 Å². The van der Waals surface area contributed by atoms with Crippen LogP contribution in [0.4, 0.5) is 0 Å². The first kappa shape index (κ1) is 31.7. The van der Waals surface area contributed by atoms with Crippen molar-refractivity contribution in [1.29, 1.82) is 0 Å². The van der Waals surface area contributed by atoms with Crippen LogP contribution in [0.3, 0.4) is 0 Å². The van der Waals surface area contributed by atoms with E-state index in [1.807, 2.05) is 13.8 Å². The van der Waals surface area contributed by atoms with E-state index in [1.165, 1.54) is 31.0 Å². The molecule has 0 rings (SSSR count). The molecule has 188 valence electrons. The SMILES string of the molecule is C=C(CC)C(=O)COCCOCCNC(S)(CC)SC(=O)C(CCCC)CCCCCC. The second kappa shape index (κ2) is 20.1. The van der Waals surface area contributed by atoms with Crippen molar-refractivity contribution >= 4 is 35.3 Å². The van der Waals surface area contributed by atoms with Gasteiger partial charge in [0.25, 0.3) is 0 Å². The van der Waals surface area contributed by atoms with Crippen LogP contribution >= 0.6 is 24.4 Å². The van der Waals surface area contributed by atoms with Gasteiger partial charge in [0.15, 0.2) is 10.9 Å². The lowest BCUT2D eigenvalue weighted by molar-refractivity contribution is -0.120. The lowest BCUT2D eigenvalue weighted by Crippen LogP contribution is -2.40. The summed E-state index contributed by atoms with van der Waals surface area (Å²) in [4.78, 5) is 24.6. The van der Waals surface area contributed by atoms with Gasteiger partial charge in [-0.05, 0) is 31.3 Å². The Hall–Kier alpha value is -0.340. The van der Waals surface area contributed by atoms with Crippen molar-refractivity contribution in [2.75, 3.05) is 33.0 Å². The van der Waals surface area contributed by atoms with Crippen molar-refractivity contribution in [3.8, 4) is 0 Å². The molecule has 5 nitrogen and oxygen atoms in total. The maximum Gasteiger partial charge on any atom is 0.194 e. The van der Waals surface area contributed by atoms with Crippen molar-refractivity contribution < 1.29 is 19.1 Å². The van der Waals surface area contributed by atoms with E-state index >= 15 is 0 Å². The largest absolute Gasteiger partial charge is 0.378 e. The van der Waals surface area contributed by atoms with Gasteiger partial charge in [0.2, 0.25) is 0 Å². The molecule has 2 atom stereocenters. The lowest BCUT2D eigenvalue weighted by Gasteiger charge is -2.29. The summed E-state index contributed by atoms with van der Waals surface area (Å²) in [5, 5.41) is 3.63. The summed E-state index contributed by atoms with van der Waals surface area (Å²) in [6.07, 6.45) is 10.3. The number of thiol groups is 1. The van der Waals surface area contributed by atoms with E-state index in [2.05, 4.69) is 25.7 Å². The smallest absolute Gasteiger partial charge is 0.194 e. The number of thioether (sulfide) groups is 1. The molecular weight excluding hydrogens is 442 g/mol. The minimum atomic E-state index is -0.586. The number of rotatable bonds is 22. The van der Waals surface area contributed by atoms with Crippen LogP contribution in [0.5, 0.6) is 0 Å². The zero-order valence-electron chi connectivity index (χ0n) is 20.9. The number of unbranched alkanes of at least 4 members (excludes halogenated alkanes) is 4. The Bertz CT molecular complexity index is 530. The monoisotopic (exact) mass is 489 g/mol. The first-order valence-corrected chi connectivity index (χ1v) is 13.7. The van der Waals surface area contributed by atoms with Gasteiger partial charge in [-0.15, -0.1) is 12.6 Å². The van der Waals surface area contributed by atoms with Gasteiger partial charge in [0, 0.05) is 12.5 Å². The number of carbonyl (C=O) groups is 2. The Morgan fingerprint density at radius 3 is 2.25 bits per heavy atom. The molecule has 0 aromatic carbocycles. The first-order chi connectivity index (χ1) is 15.3. The molecule has 2 unspecified atom stereocenters. The van der Waals surface area contributed by atoms with Crippen LogP contribution in [0.2, 0.25) is 0 Å². The van der Waals surface area contributed by atoms with Gasteiger partial charge >= 0.3 is 0 Å². The van der Waals surface area contributed by atoms with Crippen LogP contribution in [-0.2, 0) is 19.1 Å². The van der Waals surface area contributed by atoms with Crippen LogP contribution in [-0.4, -0.2) is 48.1 Å². The molecule has 0 aliphatic rings. The number of carbonyl (C=O) groups excluding carboxylic acids is 2. The summed E-state index contributed by atoms with van der Waals surface area (Å²) in [5.74, 6) is 0.0675. The molecule has 0 aromatic heterocycles. The summed E-state index contributed by atoms with van der Waals surface area (Å²) in [7, 11) is 0. The minimum Gasteiger partial charge on any atom is -0.378 e. The van der Waals surface area contributed by atoms with Crippen LogP contribution in [0, 0.1) is 5.92 Å². The Kier molecular flexibility index (Phi) is 19.9. The number of nitrogens with one attached hydrogen (secondary N) is 1. The molecule has 0 amide bonds. The zero-order chi connectivity index (χ0) is 24.2. The van der Waals surface area contributed by atoms with Gasteiger partial charge in [0.05, 0.1) is 19.8 Å². The summed E-state index contributed by atoms with van der Waals surface area (Å²) >= 11 is 6.12. The number of hydrogen-bond donors (Lipinski definition) is 2. The molecule has 0 saturated carbocycles. The fraction of sp³-hybridized carbons (Fsp3) is 0.840. The van der Waals surface area contributed by atoms with E-state index in [0.717, 1.165) is 38.5 Å². The van der Waals surface area contributed by atoms with Gasteiger partial charge in [-0.3, -0.25) is 14.9 Å². The Morgan fingerprint density at radius 2 is 1.62 bits per heavy atom. The fourth-order valence-electron chi connectivity index (χ4n) is 3.13. The molecule has 0 saturated heterocycles. The van der Waals surface area contributed by atoms with E-state index in [1.54, 1.807) is 0 Å². The van der Waals surface area contributed by atoms with Crippen LogP contribution < -0.4 is 5.32 Å². The molecule has 32 heavy (non-hydrogen) atoms. The van der Waals surface area contributed by atoms with Crippen molar-refractivity contribution in [2.24, 2.45) is 5.92 Å². The maximum atomic E-state index is 13.0. The summed E-state index contributed by atoms with van der Waals surface area (Å²) in [5.41, 5.74) is 0.588. The topological polar surface area (TPSA) is 64.6 Å². The Balaban J connectivity index is 4.26. The minimum absolute atomic E-state index is 0.0544. The number of ether oxygens (including phenoxy) is 2. The summed E-state index contributed by atoms with van der Waals surface area (Å²) < 4.78 is 10.3. The predicted molar refractivity (Wildman–Crippen MR) is 140 cm³/mol. The first-order valence-electron chi connectivity index (χ1n) is 12.4. The van der Waals surface area contributed by atoms with Crippen LogP contribution in [0.15, 0.2) is 12.2 Å². The molecule has 1 N–H and O–H groups in total. The van der Waals surface area contributed by atoms with Gasteiger partial charge in [-0.2, -0.15) is 0 Å². The molecule has 0 fully saturated rings. The van der Waals surface area contributed by atoms with Gasteiger partial charge < -0.3 is 9.47 Å². The molecule has 0 aliphatic carbocycles. The fourth-order valence-corrected chi connectivity index (χ4v) is 4.57. The molecule has 0 bridgehead atoms. The third-order valence-electron chi connectivity index (χ3n) is 5.47. The second-order valence-electron chi connectivity index (χ2n) is 8.22. The van der Waals surface area contributed by atoms with Crippen molar-refractivity contribution in [1.82, 2.24) is 5.32 Å². The summed E-state index contributed by atoms with van der Waals surface area (Å²) in [6, 6.07) is 0. The zero-order valence-corrected chi connectivity index (χ0v) is 22.6.